The first-order valence-electron chi connectivity index (χ1n) is 26.9. The smallest absolute Gasteiger partial charge is 0.251 e. The topological polar surface area (TPSA) is 294 Å². The Morgan fingerprint density at radius 3 is 1.49 bits per heavy atom. The van der Waals surface area contributed by atoms with E-state index < -0.39 is 5.91 Å². The van der Waals surface area contributed by atoms with Gasteiger partial charge in [0.05, 0.1) is 50.6 Å². The summed E-state index contributed by atoms with van der Waals surface area (Å²) < 4.78 is 11.2. The minimum atomic E-state index is -0.414. The average Bonchev–Trinajstić information content (AvgIpc) is 4.15. The number of unbranched alkanes of at least 4 members (excludes halogenated alkanes) is 6. The van der Waals surface area contributed by atoms with Gasteiger partial charge in [0.25, 0.3) is 11.8 Å². The summed E-state index contributed by atoms with van der Waals surface area (Å²) in [4.78, 5) is 85.9. The number of amides is 6. The van der Waals surface area contributed by atoms with Gasteiger partial charge in [0.1, 0.15) is 0 Å². The average molecular weight is 1080 g/mol. The number of aliphatic imine (C=N–C) groups is 2. The first kappa shape index (κ1) is 58.7. The first-order valence-corrected chi connectivity index (χ1v) is 29.0. The van der Waals surface area contributed by atoms with Crippen LogP contribution >= 0.6 is 23.5 Å². The highest BCUT2D eigenvalue weighted by molar-refractivity contribution is 8.00. The molecule has 0 aromatic heterocycles. The van der Waals surface area contributed by atoms with Crippen molar-refractivity contribution in [3.8, 4) is 0 Å². The maximum absolute atomic E-state index is 13.4. The number of hydrogen-bond acceptors (Lipinski definition) is 16. The Morgan fingerprint density at radius 1 is 0.547 bits per heavy atom. The van der Waals surface area contributed by atoms with Crippen LogP contribution in [0.3, 0.4) is 0 Å². The van der Waals surface area contributed by atoms with Crippen molar-refractivity contribution in [2.75, 3.05) is 74.7 Å². The molecule has 4 heterocycles. The Balaban J connectivity index is 0.852. The van der Waals surface area contributed by atoms with Crippen molar-refractivity contribution in [1.82, 2.24) is 31.9 Å². The fraction of sp³-hybridized carbons (Fsp3) is 0.623. The minimum Gasteiger partial charge on any atom is -0.377 e. The number of benzene rings is 2. The first-order chi connectivity index (χ1) is 36.4. The molecule has 6 amide bonds. The number of anilines is 2. The van der Waals surface area contributed by atoms with Gasteiger partial charge >= 0.3 is 0 Å². The number of nitrogens with one attached hydrogen (secondary N) is 8. The van der Waals surface area contributed by atoms with Gasteiger partial charge in [-0.2, -0.15) is 23.5 Å². The van der Waals surface area contributed by atoms with Crippen molar-refractivity contribution in [2.45, 2.75) is 144 Å². The standard InChI is InChI=1S/C53H80N12O8S2/c1-35-13-12-14-36(29-35)50(70)58-23-25-72-27-28-73-26-24-59-51(71)37-30-38(60-46(68)19-6-2-4-17-44(66)56-21-10-8-15-42-48-40(33-74-42)62-52(54)64-48)32-39(31-37)61-47(69)20-7-3-5-18-45(67)57-22-11-9-16-43-49-41(34-75-43)63-53(55)65-49/h12-14,29-32,40-43,48-49H,2-11,15-28,33-34H2,1H3,(H,56,66)(H,57,67)(H,58,70)(H,59,71)(H,60,68)(H,61,69)(H3,54,62,64)(H3,55,63,65)/t40-,41?,42-,43-,48-,49-/m0/s1. The molecule has 412 valence electrons. The Hall–Kier alpha value is -5.58. The molecule has 20 nitrogen and oxygen atoms in total. The fourth-order valence-corrected chi connectivity index (χ4v) is 12.5. The third-order valence-corrected chi connectivity index (χ3v) is 16.4. The molecule has 22 heteroatoms. The zero-order valence-corrected chi connectivity index (χ0v) is 45.2. The molecule has 4 aliphatic heterocycles. The van der Waals surface area contributed by atoms with E-state index in [9.17, 15) is 28.8 Å². The number of hydrogen-bond donors (Lipinski definition) is 10. The van der Waals surface area contributed by atoms with Crippen LogP contribution < -0.4 is 54.0 Å². The summed E-state index contributed by atoms with van der Waals surface area (Å²) in [6.07, 6.45) is 11.0. The molecule has 2 aromatic rings. The maximum atomic E-state index is 13.4. The van der Waals surface area contributed by atoms with E-state index in [0.717, 1.165) is 55.6 Å². The summed E-state index contributed by atoms with van der Waals surface area (Å²) in [7, 11) is 0. The van der Waals surface area contributed by atoms with Gasteiger partial charge < -0.3 is 63.5 Å². The quantitative estimate of drug-likeness (QED) is 0.0436. The van der Waals surface area contributed by atoms with Crippen LogP contribution in [0.4, 0.5) is 11.4 Å². The highest BCUT2D eigenvalue weighted by Crippen LogP contribution is 2.36. The number of nitrogens with zero attached hydrogens (tertiary/aromatic N) is 2. The summed E-state index contributed by atoms with van der Waals surface area (Å²) >= 11 is 3.88. The number of thioether (sulfide) groups is 2. The Bertz CT molecular complexity index is 2170. The molecule has 0 saturated carbocycles. The summed E-state index contributed by atoms with van der Waals surface area (Å²) in [5.74, 6) is 2.06. The van der Waals surface area contributed by atoms with Crippen LogP contribution in [-0.4, -0.2) is 146 Å². The van der Waals surface area contributed by atoms with Crippen LogP contribution in [0.5, 0.6) is 0 Å². The van der Waals surface area contributed by atoms with Gasteiger partial charge in [0.15, 0.2) is 11.9 Å². The lowest BCUT2D eigenvalue weighted by molar-refractivity contribution is -0.122. The Labute approximate surface area is 450 Å². The van der Waals surface area contributed by atoms with Gasteiger partial charge in [0.2, 0.25) is 23.6 Å². The number of carbonyl (C=O) groups is 6. The zero-order valence-electron chi connectivity index (χ0n) is 43.5. The lowest BCUT2D eigenvalue weighted by Crippen LogP contribution is -2.38. The second-order valence-electron chi connectivity index (χ2n) is 19.6. The second-order valence-corrected chi connectivity index (χ2v) is 22.1. The molecule has 12 N–H and O–H groups in total. The van der Waals surface area contributed by atoms with Gasteiger partial charge in [0, 0.05) is 96.4 Å². The lowest BCUT2D eigenvalue weighted by Gasteiger charge is -2.14. The molecule has 0 spiro atoms. The van der Waals surface area contributed by atoms with Crippen molar-refractivity contribution in [3.63, 3.8) is 0 Å². The van der Waals surface area contributed by atoms with Crippen molar-refractivity contribution in [1.29, 1.82) is 0 Å². The van der Waals surface area contributed by atoms with Crippen LogP contribution in [0.25, 0.3) is 0 Å². The van der Waals surface area contributed by atoms with E-state index in [1.807, 2.05) is 48.6 Å². The molecular weight excluding hydrogens is 997 g/mol. The molecule has 75 heavy (non-hydrogen) atoms. The number of rotatable bonds is 35. The summed E-state index contributed by atoms with van der Waals surface area (Å²) in [5, 5.41) is 24.9. The van der Waals surface area contributed by atoms with Crippen molar-refractivity contribution < 1.29 is 38.2 Å². The van der Waals surface area contributed by atoms with E-state index >= 15 is 0 Å². The van der Waals surface area contributed by atoms with Gasteiger partial charge in [-0.05, 0) is 88.6 Å². The summed E-state index contributed by atoms with van der Waals surface area (Å²) in [6.45, 7) is 4.90. The summed E-state index contributed by atoms with van der Waals surface area (Å²) in [5.41, 5.74) is 14.3. The molecule has 6 rings (SSSR count). The van der Waals surface area contributed by atoms with Crippen molar-refractivity contribution in [3.05, 3.63) is 59.2 Å². The molecule has 0 aliphatic carbocycles. The molecule has 0 bridgehead atoms. The molecule has 0 radical (unpaired) electrons. The SMILES string of the molecule is Cc1cccc(C(=O)NCCOCCOCCNC(=O)c2cc(NC(=O)CCCCCC(=O)NCCCC[C@@H]3SC[C@@H]4NC(N)=N[C@@H]43)cc(NC(=O)CCCCCC(=O)NCCCC[C@@H]3SCC4NC(N)=N[C@@H]43)c2)c1. The van der Waals surface area contributed by atoms with Crippen molar-refractivity contribution in [2.24, 2.45) is 21.5 Å². The predicted molar refractivity (Wildman–Crippen MR) is 298 cm³/mol. The van der Waals surface area contributed by atoms with Crippen LogP contribution in [0.1, 0.15) is 129 Å². The van der Waals surface area contributed by atoms with Gasteiger partial charge in [-0.3, -0.25) is 28.8 Å². The largest absolute Gasteiger partial charge is 0.377 e. The predicted octanol–water partition coefficient (Wildman–Crippen LogP) is 4.08. The number of guanidine groups is 2. The number of ether oxygens (including phenoxy) is 2. The van der Waals surface area contributed by atoms with E-state index in [-0.39, 0.29) is 73.2 Å². The van der Waals surface area contributed by atoms with Crippen molar-refractivity contribution >= 4 is 82.3 Å². The van der Waals surface area contributed by atoms with Gasteiger partial charge in [-0.1, -0.05) is 43.4 Å². The maximum Gasteiger partial charge on any atom is 0.251 e. The van der Waals surface area contributed by atoms with Crippen LogP contribution in [-0.2, 0) is 28.7 Å². The monoisotopic (exact) mass is 1080 g/mol. The zero-order chi connectivity index (χ0) is 53.2. The van der Waals surface area contributed by atoms with E-state index in [4.69, 9.17) is 20.9 Å². The molecule has 4 aliphatic rings. The second kappa shape index (κ2) is 32.1. The molecular formula is C53H80N12O8S2. The lowest BCUT2D eigenvalue weighted by atomic mass is 10.0. The third kappa shape index (κ3) is 21.2. The normalized spacial score (nSPS) is 20.2. The van der Waals surface area contributed by atoms with Gasteiger partial charge in [-0.15, -0.1) is 0 Å². The Kier molecular flexibility index (Phi) is 25.1. The van der Waals surface area contributed by atoms with Crippen LogP contribution in [0.2, 0.25) is 0 Å². The van der Waals surface area contributed by atoms with Gasteiger partial charge in [-0.25, -0.2) is 9.98 Å². The number of aryl methyl sites for hydroxylation is 1. The van der Waals surface area contributed by atoms with E-state index in [1.54, 1.807) is 24.3 Å². The van der Waals surface area contributed by atoms with E-state index in [1.165, 1.54) is 0 Å². The molecule has 1 unspecified atom stereocenters. The molecule has 6 atom stereocenters. The molecule has 2 saturated heterocycles. The minimum absolute atomic E-state index is 0.00663. The highest BCUT2D eigenvalue weighted by Gasteiger charge is 2.41. The molecule has 2 aromatic carbocycles. The van der Waals surface area contributed by atoms with Crippen LogP contribution in [0, 0.1) is 6.92 Å². The summed E-state index contributed by atoms with van der Waals surface area (Å²) in [6, 6.07) is 13.3. The third-order valence-electron chi connectivity index (χ3n) is 13.4. The highest BCUT2D eigenvalue weighted by atomic mass is 32.2. The number of carbonyl (C=O) groups excluding carboxylic acids is 6. The Morgan fingerprint density at radius 2 is 1.01 bits per heavy atom. The van der Waals surface area contributed by atoms with Crippen LogP contribution in [0.15, 0.2) is 52.4 Å². The molecule has 2 fully saturated rings. The van der Waals surface area contributed by atoms with E-state index in [0.29, 0.717) is 142 Å². The fourth-order valence-electron chi connectivity index (χ4n) is 9.46. The number of nitrogens with two attached hydrogens (primary N) is 2. The van der Waals surface area contributed by atoms with E-state index in [2.05, 4.69) is 52.5 Å². The number of fused-ring (bicyclic) bond motifs is 2.